The lowest BCUT2D eigenvalue weighted by Gasteiger charge is -2.40. The summed E-state index contributed by atoms with van der Waals surface area (Å²) >= 11 is 0. The van der Waals surface area contributed by atoms with E-state index in [2.05, 4.69) is 0 Å². The molecule has 1 heterocycles. The van der Waals surface area contributed by atoms with Crippen LogP contribution in [0.25, 0.3) is 0 Å². The van der Waals surface area contributed by atoms with Gasteiger partial charge in [0.1, 0.15) is 24.4 Å². The van der Waals surface area contributed by atoms with Gasteiger partial charge in [0.05, 0.1) is 17.8 Å². The van der Waals surface area contributed by atoms with Crippen LogP contribution >= 0.6 is 0 Å². The zero-order valence-electron chi connectivity index (χ0n) is 30.4. The maximum absolute atomic E-state index is 10.6. The minimum Gasteiger partial charge on any atom is -0.390 e. The van der Waals surface area contributed by atoms with Gasteiger partial charge in [-0.2, -0.15) is 0 Å². The van der Waals surface area contributed by atoms with Crippen LogP contribution in [-0.2, 0) is 9.47 Å². The highest BCUT2D eigenvalue weighted by Gasteiger charge is 2.45. The lowest BCUT2D eigenvalue weighted by Crippen LogP contribution is -2.59. The third-order valence-corrected chi connectivity index (χ3v) is 8.61. The number of aliphatic hydroxyl groups is 7. The fourth-order valence-electron chi connectivity index (χ4n) is 5.41. The number of ether oxygens (including phenoxy) is 2. The molecule has 8 atom stereocenters. The van der Waals surface area contributed by atoms with E-state index in [-0.39, 0.29) is 0 Å². The quantitative estimate of drug-likeness (QED) is 0.134. The van der Waals surface area contributed by atoms with Crippen molar-refractivity contribution in [3.05, 3.63) is 119 Å². The third-order valence-electron chi connectivity index (χ3n) is 8.61. The molecule has 1 fully saturated rings. The molecule has 1 aliphatic heterocycles. The Morgan fingerprint density at radius 1 is 0.755 bits per heavy atom. The highest BCUT2D eigenvalue weighted by atomic mass is 16.8. The maximum Gasteiger partial charge on any atom is 0.190 e. The van der Waals surface area contributed by atoms with Crippen molar-refractivity contribution in [2.24, 2.45) is 5.41 Å². The first-order chi connectivity index (χ1) is 22.7. The Labute approximate surface area is 292 Å². The molecule has 0 aromatic rings. The van der Waals surface area contributed by atoms with E-state index in [0.29, 0.717) is 6.42 Å². The molecule has 9 heteroatoms. The van der Waals surface area contributed by atoms with Crippen LogP contribution in [-0.4, -0.2) is 90.6 Å². The van der Waals surface area contributed by atoms with E-state index in [9.17, 15) is 35.7 Å². The van der Waals surface area contributed by atoms with Crippen molar-refractivity contribution in [3.8, 4) is 0 Å². The van der Waals surface area contributed by atoms with Gasteiger partial charge in [-0.25, -0.2) is 0 Å². The minimum absolute atomic E-state index is 0.478. The molecule has 2 rings (SSSR count). The largest absolute Gasteiger partial charge is 0.390 e. The Morgan fingerprint density at radius 3 is 1.78 bits per heavy atom. The monoisotopic (exact) mass is 682 g/mol. The van der Waals surface area contributed by atoms with E-state index in [0.717, 1.165) is 33.4 Å². The van der Waals surface area contributed by atoms with Gasteiger partial charge >= 0.3 is 0 Å². The molecule has 0 aromatic heterocycles. The molecule has 272 valence electrons. The van der Waals surface area contributed by atoms with E-state index in [1.54, 1.807) is 12.2 Å². The number of hydrogen-bond acceptors (Lipinski definition) is 9. The van der Waals surface area contributed by atoms with Gasteiger partial charge in [-0.05, 0) is 60.5 Å². The van der Waals surface area contributed by atoms with Crippen LogP contribution in [0.1, 0.15) is 68.7 Å². The fourth-order valence-corrected chi connectivity index (χ4v) is 5.41. The summed E-state index contributed by atoms with van der Waals surface area (Å²) in [6.07, 6.45) is 17.0. The van der Waals surface area contributed by atoms with Crippen LogP contribution in [0, 0.1) is 5.41 Å². The van der Waals surface area contributed by atoms with Crippen molar-refractivity contribution in [3.63, 3.8) is 0 Å². The van der Waals surface area contributed by atoms with Crippen LogP contribution in [0.3, 0.4) is 0 Å². The van der Waals surface area contributed by atoms with Crippen molar-refractivity contribution in [1.29, 1.82) is 0 Å². The molecular weight excluding hydrogens is 624 g/mol. The smallest absolute Gasteiger partial charge is 0.190 e. The molecular formula is C40H58O9. The predicted molar refractivity (Wildman–Crippen MR) is 194 cm³/mol. The van der Waals surface area contributed by atoms with Gasteiger partial charge in [0.15, 0.2) is 12.6 Å². The zero-order valence-corrected chi connectivity index (χ0v) is 30.4. The average molecular weight is 683 g/mol. The summed E-state index contributed by atoms with van der Waals surface area (Å²) in [5.74, 6) is 0. The Balaban J connectivity index is 1.94. The van der Waals surface area contributed by atoms with E-state index in [1.165, 1.54) is 13.8 Å². The maximum atomic E-state index is 10.6. The normalized spacial score (nSPS) is 30.7. The summed E-state index contributed by atoms with van der Waals surface area (Å²) in [5, 5.41) is 70.7. The summed E-state index contributed by atoms with van der Waals surface area (Å²) in [7, 11) is 0. The molecule has 0 unspecified atom stereocenters. The lowest BCUT2D eigenvalue weighted by atomic mass is 9.69. The molecule has 2 aliphatic rings. The van der Waals surface area contributed by atoms with Crippen molar-refractivity contribution < 1.29 is 45.2 Å². The molecule has 1 saturated heterocycles. The van der Waals surface area contributed by atoms with Crippen molar-refractivity contribution >= 4 is 0 Å². The molecule has 0 spiro atoms. The van der Waals surface area contributed by atoms with E-state index in [1.807, 2.05) is 121 Å². The highest BCUT2D eigenvalue weighted by molar-refractivity contribution is 5.39. The van der Waals surface area contributed by atoms with E-state index < -0.39 is 60.2 Å². The Hall–Kier alpha value is -2.96. The first-order valence-corrected chi connectivity index (χ1v) is 16.7. The van der Waals surface area contributed by atoms with Crippen LogP contribution in [0.5, 0.6) is 0 Å². The molecule has 0 amide bonds. The minimum atomic E-state index is -1.74. The van der Waals surface area contributed by atoms with Crippen LogP contribution < -0.4 is 0 Å². The molecule has 7 N–H and O–H groups in total. The van der Waals surface area contributed by atoms with E-state index in [4.69, 9.17) is 9.47 Å². The second-order valence-corrected chi connectivity index (χ2v) is 14.1. The summed E-state index contributed by atoms with van der Waals surface area (Å²) in [4.78, 5) is 0. The second kappa shape index (κ2) is 18.9. The number of rotatable bonds is 13. The molecule has 0 radical (unpaired) electrons. The predicted octanol–water partition coefficient (Wildman–Crippen LogP) is 4.93. The lowest BCUT2D eigenvalue weighted by molar-refractivity contribution is -0.351. The average Bonchev–Trinajstić information content (AvgIpc) is 3.00. The summed E-state index contributed by atoms with van der Waals surface area (Å²) in [6, 6.07) is 0. The molecule has 0 bridgehead atoms. The van der Waals surface area contributed by atoms with Crippen molar-refractivity contribution in [1.82, 2.24) is 0 Å². The van der Waals surface area contributed by atoms with Gasteiger partial charge in [0.25, 0.3) is 0 Å². The van der Waals surface area contributed by atoms with Gasteiger partial charge in [0.2, 0.25) is 0 Å². The Morgan fingerprint density at radius 2 is 1.24 bits per heavy atom. The number of allylic oxidation sites excluding steroid dienone is 17. The summed E-state index contributed by atoms with van der Waals surface area (Å²) < 4.78 is 10.8. The highest BCUT2D eigenvalue weighted by Crippen LogP contribution is 2.41. The van der Waals surface area contributed by atoms with Gasteiger partial charge in [-0.1, -0.05) is 127 Å². The van der Waals surface area contributed by atoms with Crippen molar-refractivity contribution in [2.45, 2.75) is 124 Å². The molecule has 0 aromatic carbocycles. The Bertz CT molecular complexity index is 1410. The Kier molecular flexibility index (Phi) is 16.3. The van der Waals surface area contributed by atoms with Crippen LogP contribution in [0.2, 0.25) is 0 Å². The fraction of sp³-hybridized carbons (Fsp3) is 0.500. The standard InChI is InChI=1S/C40H58O9/c1-25(16-12-18-27(3)20-22-30-29(5)24-31(41)36(45)39(30,6)7)14-10-11-15-26(2)17-13-19-28(4)21-23-32(40(8,9)47)48-38-35(44)33(42)34(43)37(46)49-38/h10-23,31-38,41-47H,24H2,1-9H3/b11-10+,16-12+,17-13+,22-20+,23-21+,25-14+,26-15+,27-18+,28-19+/t31-,32+,33-,34-,35+,36+,37-,38+/m1/s1. The van der Waals surface area contributed by atoms with Crippen molar-refractivity contribution in [2.75, 3.05) is 0 Å². The molecule has 0 saturated carbocycles. The molecule has 9 nitrogen and oxygen atoms in total. The number of aliphatic hydroxyl groups excluding tert-OH is 6. The van der Waals surface area contributed by atoms with Gasteiger partial charge in [-0.15, -0.1) is 0 Å². The van der Waals surface area contributed by atoms with Crippen LogP contribution in [0.15, 0.2) is 119 Å². The van der Waals surface area contributed by atoms with Crippen LogP contribution in [0.4, 0.5) is 0 Å². The van der Waals surface area contributed by atoms with Gasteiger partial charge in [-0.3, -0.25) is 0 Å². The SMILES string of the molecule is CC1=C(/C=C/C(C)=C/C=C/C(C)=C/C=C/C=C(C)/C=C/C=C(C)/C=C/[C@H](O[C@H]2O[C@@H](O)[C@H](O)[C@@H](O)[C@@H]2O)C(C)(C)O)C(C)(C)[C@@H](O)[C@H](O)C1. The number of hydrogen-bond donors (Lipinski definition) is 7. The van der Waals surface area contributed by atoms with E-state index >= 15 is 0 Å². The molecule has 1 aliphatic carbocycles. The first kappa shape index (κ1) is 42.2. The molecule has 49 heavy (non-hydrogen) atoms. The topological polar surface area (TPSA) is 160 Å². The van der Waals surface area contributed by atoms with Gasteiger partial charge in [0, 0.05) is 5.41 Å². The second-order valence-electron chi connectivity index (χ2n) is 14.1. The van der Waals surface area contributed by atoms with Gasteiger partial charge < -0.3 is 45.2 Å². The first-order valence-electron chi connectivity index (χ1n) is 16.7. The third kappa shape index (κ3) is 13.0. The summed E-state index contributed by atoms with van der Waals surface area (Å²) in [5.41, 5.74) is 4.30. The summed E-state index contributed by atoms with van der Waals surface area (Å²) in [6.45, 7) is 16.9. The zero-order chi connectivity index (χ0) is 37.1.